The van der Waals surface area contributed by atoms with Gasteiger partial charge in [0.2, 0.25) is 0 Å². The Morgan fingerprint density at radius 2 is 2.22 bits per heavy atom. The summed E-state index contributed by atoms with van der Waals surface area (Å²) in [7, 11) is 0. The summed E-state index contributed by atoms with van der Waals surface area (Å²) in [5, 5.41) is 2.50. The molecule has 0 aliphatic rings. The van der Waals surface area contributed by atoms with Crippen LogP contribution in [0, 0.1) is 0 Å². The smallest absolute Gasteiger partial charge is 0.322 e. The van der Waals surface area contributed by atoms with Gasteiger partial charge in [0, 0.05) is 12.3 Å². The van der Waals surface area contributed by atoms with Crippen molar-refractivity contribution in [3.05, 3.63) is 33.1 Å². The molecule has 100 valence electrons. The lowest BCUT2D eigenvalue weighted by Gasteiger charge is -2.13. The van der Waals surface area contributed by atoms with Crippen LogP contribution in [0.3, 0.4) is 0 Å². The lowest BCUT2D eigenvalue weighted by atomic mass is 10.2. The van der Waals surface area contributed by atoms with Crippen molar-refractivity contribution in [1.82, 2.24) is 14.9 Å². The summed E-state index contributed by atoms with van der Waals surface area (Å²) >= 11 is 0. The lowest BCUT2D eigenvalue weighted by molar-refractivity contribution is 0.236. The molecule has 18 heavy (non-hydrogen) atoms. The highest BCUT2D eigenvalue weighted by Gasteiger charge is 2.10. The molecule has 4 N–H and O–H groups in total. The number of hydrogen-bond acceptors (Lipinski definition) is 4. The van der Waals surface area contributed by atoms with Crippen molar-refractivity contribution in [2.24, 2.45) is 5.73 Å². The Hall–Kier alpha value is -1.89. The Balaban J connectivity index is 2.59. The van der Waals surface area contributed by atoms with Crippen molar-refractivity contribution in [3.63, 3.8) is 0 Å². The van der Waals surface area contributed by atoms with Gasteiger partial charge in [0.1, 0.15) is 0 Å². The maximum atomic E-state index is 11.7. The Labute approximate surface area is 104 Å². The third-order valence-electron chi connectivity index (χ3n) is 2.47. The summed E-state index contributed by atoms with van der Waals surface area (Å²) in [6.07, 6.45) is 4.30. The lowest BCUT2D eigenvalue weighted by Crippen LogP contribution is -2.47. The number of aromatic nitrogens is 2. The molecule has 0 fully saturated rings. The van der Waals surface area contributed by atoms with Crippen LogP contribution in [0.4, 0.5) is 4.79 Å². The number of carbonyl (C=O) groups excluding carboxylic acids is 1. The average molecular weight is 254 g/mol. The van der Waals surface area contributed by atoms with Gasteiger partial charge in [0.05, 0.1) is 6.17 Å². The van der Waals surface area contributed by atoms with Crippen LogP contribution in [0.25, 0.3) is 0 Å². The second kappa shape index (κ2) is 6.75. The fourth-order valence-electron chi connectivity index (χ4n) is 1.49. The van der Waals surface area contributed by atoms with Gasteiger partial charge in [-0.3, -0.25) is 9.78 Å². The molecule has 0 aromatic carbocycles. The number of amides is 1. The topological polar surface area (TPSA) is 110 Å². The first-order valence-corrected chi connectivity index (χ1v) is 5.93. The number of hydrogen-bond donors (Lipinski definition) is 3. The molecule has 1 amide bonds. The predicted molar refractivity (Wildman–Crippen MR) is 67.4 cm³/mol. The Kier molecular flexibility index (Phi) is 5.31. The molecule has 1 aromatic heterocycles. The normalized spacial score (nSPS) is 12.1. The molecule has 1 heterocycles. The van der Waals surface area contributed by atoms with Gasteiger partial charge in [0.15, 0.2) is 0 Å². The number of H-pyrrole nitrogens is 1. The summed E-state index contributed by atoms with van der Waals surface area (Å²) < 4.78 is 0.779. The van der Waals surface area contributed by atoms with Crippen LogP contribution in [0.5, 0.6) is 0 Å². The van der Waals surface area contributed by atoms with E-state index in [0.717, 1.165) is 36.1 Å². The van der Waals surface area contributed by atoms with Gasteiger partial charge in [-0.2, -0.15) is 0 Å². The first kappa shape index (κ1) is 14.2. The van der Waals surface area contributed by atoms with Crippen molar-refractivity contribution in [3.8, 4) is 0 Å². The fourth-order valence-corrected chi connectivity index (χ4v) is 1.49. The third-order valence-corrected chi connectivity index (χ3v) is 2.47. The van der Waals surface area contributed by atoms with E-state index in [1.807, 2.05) is 4.98 Å². The van der Waals surface area contributed by atoms with Gasteiger partial charge in [-0.15, -0.1) is 0 Å². The van der Waals surface area contributed by atoms with E-state index in [-0.39, 0.29) is 0 Å². The minimum atomic E-state index is -0.777. The summed E-state index contributed by atoms with van der Waals surface area (Å²) in [6.45, 7) is 2.07. The molecule has 0 spiro atoms. The van der Waals surface area contributed by atoms with Crippen molar-refractivity contribution < 1.29 is 4.79 Å². The molecule has 0 aliphatic heterocycles. The van der Waals surface area contributed by atoms with E-state index in [1.165, 1.54) is 0 Å². The van der Waals surface area contributed by atoms with E-state index in [9.17, 15) is 14.4 Å². The van der Waals surface area contributed by atoms with E-state index < -0.39 is 23.4 Å². The van der Waals surface area contributed by atoms with E-state index >= 15 is 0 Å². The van der Waals surface area contributed by atoms with Crippen LogP contribution >= 0.6 is 0 Å². The number of rotatable bonds is 5. The highest BCUT2D eigenvalue weighted by molar-refractivity contribution is 5.76. The largest absolute Gasteiger partial charge is 0.336 e. The van der Waals surface area contributed by atoms with Crippen LogP contribution < -0.4 is 22.3 Å². The number of aromatic amines is 1. The molecule has 1 atom stereocenters. The van der Waals surface area contributed by atoms with Gasteiger partial charge < -0.3 is 11.1 Å². The van der Waals surface area contributed by atoms with E-state index in [1.54, 1.807) is 0 Å². The zero-order chi connectivity index (χ0) is 13.5. The van der Waals surface area contributed by atoms with E-state index in [4.69, 9.17) is 5.73 Å². The molecule has 1 unspecified atom stereocenters. The van der Waals surface area contributed by atoms with Gasteiger partial charge in [-0.05, 0) is 6.42 Å². The zero-order valence-electron chi connectivity index (χ0n) is 10.3. The number of nitrogens with two attached hydrogens (primary N) is 1. The summed E-state index contributed by atoms with van der Waals surface area (Å²) in [5.41, 5.74) is 4.39. The van der Waals surface area contributed by atoms with Crippen molar-refractivity contribution in [2.75, 3.05) is 0 Å². The molecule has 0 aliphatic carbocycles. The molecular weight excluding hydrogens is 236 g/mol. The molecule has 7 nitrogen and oxygen atoms in total. The monoisotopic (exact) mass is 254 g/mol. The minimum Gasteiger partial charge on any atom is -0.322 e. The van der Waals surface area contributed by atoms with E-state index in [2.05, 4.69) is 12.2 Å². The van der Waals surface area contributed by atoms with Crippen LogP contribution in [0.2, 0.25) is 0 Å². The number of unbranched alkanes of at least 4 members (excludes halogenated alkanes) is 2. The number of nitrogens with zero attached hydrogens (tertiary/aromatic N) is 1. The van der Waals surface area contributed by atoms with Crippen molar-refractivity contribution in [2.45, 2.75) is 38.8 Å². The van der Waals surface area contributed by atoms with Crippen LogP contribution in [0.15, 0.2) is 21.9 Å². The maximum absolute atomic E-state index is 11.7. The molecular formula is C11H18N4O3. The van der Waals surface area contributed by atoms with Gasteiger partial charge in [-0.1, -0.05) is 26.2 Å². The molecule has 0 saturated carbocycles. The molecule has 1 aromatic rings. The Morgan fingerprint density at radius 1 is 1.50 bits per heavy atom. The molecule has 0 bridgehead atoms. The minimum absolute atomic E-state index is 0.497. The predicted octanol–water partition coefficient (Wildman–Crippen LogP) is -0.0406. The van der Waals surface area contributed by atoms with Crippen molar-refractivity contribution in [1.29, 1.82) is 0 Å². The third kappa shape index (κ3) is 4.17. The summed E-state index contributed by atoms with van der Waals surface area (Å²) in [4.78, 5) is 35.8. The molecule has 1 rings (SSSR count). The second-order valence-electron chi connectivity index (χ2n) is 4.03. The van der Waals surface area contributed by atoms with Crippen LogP contribution in [0.1, 0.15) is 32.6 Å². The first-order valence-electron chi connectivity index (χ1n) is 5.93. The van der Waals surface area contributed by atoms with Crippen LogP contribution in [-0.2, 0) is 0 Å². The molecule has 0 radical (unpaired) electrons. The molecule has 0 saturated heterocycles. The van der Waals surface area contributed by atoms with Crippen LogP contribution in [-0.4, -0.2) is 21.7 Å². The number of carbonyl (C=O) groups is 1. The number of nitrogens with one attached hydrogen (secondary N) is 2. The summed E-state index contributed by atoms with van der Waals surface area (Å²) in [5.74, 6) is 0. The SMILES string of the molecule is CCCCCC(N)NC(=O)n1ccc(=O)[nH]c1=O. The Morgan fingerprint density at radius 3 is 2.83 bits per heavy atom. The van der Waals surface area contributed by atoms with Gasteiger partial charge in [0.25, 0.3) is 5.56 Å². The van der Waals surface area contributed by atoms with Gasteiger partial charge in [-0.25, -0.2) is 14.2 Å². The fraction of sp³-hybridized carbons (Fsp3) is 0.545. The van der Waals surface area contributed by atoms with Gasteiger partial charge >= 0.3 is 11.7 Å². The quantitative estimate of drug-likeness (QED) is 0.505. The first-order chi connectivity index (χ1) is 8.54. The molecule has 7 heteroatoms. The maximum Gasteiger partial charge on any atom is 0.336 e. The Bertz CT molecular complexity index is 506. The summed E-state index contributed by atoms with van der Waals surface area (Å²) in [6, 6.07) is 0.462. The van der Waals surface area contributed by atoms with Crippen molar-refractivity contribution >= 4 is 6.03 Å². The zero-order valence-corrected chi connectivity index (χ0v) is 10.3. The average Bonchev–Trinajstić information content (AvgIpc) is 2.28. The highest BCUT2D eigenvalue weighted by atomic mass is 16.2. The standard InChI is InChI=1S/C11H18N4O3/c1-2-3-4-5-8(12)13-10(17)15-7-6-9(16)14-11(15)18/h6-8H,2-5,12H2,1H3,(H,13,17)(H,14,16,18). The second-order valence-corrected chi connectivity index (χ2v) is 4.03. The van der Waals surface area contributed by atoms with E-state index in [0.29, 0.717) is 6.42 Å². The highest BCUT2D eigenvalue weighted by Crippen LogP contribution is 1.99.